The summed E-state index contributed by atoms with van der Waals surface area (Å²) >= 11 is 0. The smallest absolute Gasteiger partial charge is 0.424 e. The van der Waals surface area contributed by atoms with Gasteiger partial charge in [-0.25, -0.2) is 4.79 Å². The van der Waals surface area contributed by atoms with E-state index in [2.05, 4.69) is 0 Å². The molecule has 1 saturated heterocycles. The zero-order chi connectivity index (χ0) is 16.7. The van der Waals surface area contributed by atoms with Crippen molar-refractivity contribution in [2.24, 2.45) is 0 Å². The van der Waals surface area contributed by atoms with Crippen LogP contribution in [0, 0.1) is 0 Å². The summed E-state index contributed by atoms with van der Waals surface area (Å²) in [4.78, 5) is 14.8. The number of halogens is 3. The van der Waals surface area contributed by atoms with Crippen molar-refractivity contribution < 1.29 is 32.3 Å². The molecule has 0 atom stereocenters. The van der Waals surface area contributed by atoms with Gasteiger partial charge in [-0.05, 0) is 12.1 Å². The standard InChI is InChI=1S/C14H16F3N3O3/c1-19-6-8-20(9-7-19)12(21)18-14(13(15,16)17)22-10-4-2-3-5-11(10)23-14/h2-5H,6-9H2,1H3,(H,18,21)/p+1. The zero-order valence-electron chi connectivity index (χ0n) is 12.4. The maximum absolute atomic E-state index is 13.5. The topological polar surface area (TPSA) is 55.2 Å². The van der Waals surface area contributed by atoms with Crippen LogP contribution in [0.3, 0.4) is 0 Å². The lowest BCUT2D eigenvalue weighted by Crippen LogP contribution is -3.12. The molecule has 2 aliphatic heterocycles. The number of nitrogens with zero attached hydrogens (tertiary/aromatic N) is 1. The van der Waals surface area contributed by atoms with Gasteiger partial charge in [-0.15, -0.1) is 0 Å². The van der Waals surface area contributed by atoms with Crippen LogP contribution in [0.5, 0.6) is 11.5 Å². The lowest BCUT2D eigenvalue weighted by molar-refractivity contribution is -0.883. The molecule has 23 heavy (non-hydrogen) atoms. The maximum atomic E-state index is 13.5. The van der Waals surface area contributed by atoms with Crippen molar-refractivity contribution in [3.05, 3.63) is 24.3 Å². The summed E-state index contributed by atoms with van der Waals surface area (Å²) < 4.78 is 50.3. The number of likely N-dealkylation sites (N-methyl/N-ethyl adjacent to an activating group) is 1. The van der Waals surface area contributed by atoms with Crippen molar-refractivity contribution >= 4 is 6.03 Å². The fraction of sp³-hybridized carbons (Fsp3) is 0.500. The third-order valence-electron chi connectivity index (χ3n) is 3.91. The third kappa shape index (κ3) is 2.88. The van der Waals surface area contributed by atoms with E-state index in [-0.39, 0.29) is 11.5 Å². The van der Waals surface area contributed by atoms with E-state index < -0.39 is 18.1 Å². The van der Waals surface area contributed by atoms with Crippen LogP contribution in [0.4, 0.5) is 18.0 Å². The summed E-state index contributed by atoms with van der Waals surface area (Å²) in [7, 11) is 1.96. The Morgan fingerprint density at radius 3 is 2.22 bits per heavy atom. The van der Waals surface area contributed by atoms with E-state index in [1.165, 1.54) is 34.1 Å². The lowest BCUT2D eigenvalue weighted by Gasteiger charge is -2.34. The number of quaternary nitrogens is 1. The number of fused-ring (bicyclic) bond motifs is 1. The molecule has 2 amide bonds. The molecule has 0 radical (unpaired) electrons. The number of benzene rings is 1. The van der Waals surface area contributed by atoms with Crippen LogP contribution in [0.2, 0.25) is 0 Å². The van der Waals surface area contributed by atoms with Crippen LogP contribution >= 0.6 is 0 Å². The van der Waals surface area contributed by atoms with Crippen LogP contribution < -0.4 is 19.7 Å². The predicted octanol–water partition coefficient (Wildman–Crippen LogP) is 0.214. The Morgan fingerprint density at radius 2 is 1.74 bits per heavy atom. The summed E-state index contributed by atoms with van der Waals surface area (Å²) in [6.07, 6.45) is -4.93. The highest BCUT2D eigenvalue weighted by molar-refractivity contribution is 5.75. The molecule has 1 aromatic rings. The highest BCUT2D eigenvalue weighted by Crippen LogP contribution is 2.44. The Morgan fingerprint density at radius 1 is 1.22 bits per heavy atom. The van der Waals surface area contributed by atoms with Crippen molar-refractivity contribution in [1.82, 2.24) is 10.2 Å². The Bertz CT molecular complexity index is 575. The Kier molecular flexibility index (Phi) is 3.75. The molecule has 0 saturated carbocycles. The molecule has 0 unspecified atom stereocenters. The molecule has 126 valence electrons. The van der Waals surface area contributed by atoms with Crippen molar-refractivity contribution in [2.75, 3.05) is 33.2 Å². The van der Waals surface area contributed by atoms with E-state index in [4.69, 9.17) is 9.47 Å². The number of hydrogen-bond donors (Lipinski definition) is 2. The van der Waals surface area contributed by atoms with Gasteiger partial charge in [-0.2, -0.15) is 13.2 Å². The van der Waals surface area contributed by atoms with Gasteiger partial charge in [0, 0.05) is 0 Å². The van der Waals surface area contributed by atoms with E-state index in [1.807, 2.05) is 12.4 Å². The number of amides is 2. The summed E-state index contributed by atoms with van der Waals surface area (Å²) in [5.74, 6) is -3.31. The van der Waals surface area contributed by atoms with Gasteiger partial charge in [0.15, 0.2) is 11.5 Å². The van der Waals surface area contributed by atoms with Gasteiger partial charge in [-0.1, -0.05) is 12.1 Å². The number of carbonyl (C=O) groups is 1. The van der Waals surface area contributed by atoms with Gasteiger partial charge in [0.1, 0.15) is 0 Å². The lowest BCUT2D eigenvalue weighted by atomic mass is 10.3. The number of nitrogens with one attached hydrogen (secondary N) is 2. The van der Waals surface area contributed by atoms with E-state index >= 15 is 0 Å². The quantitative estimate of drug-likeness (QED) is 0.773. The SMILES string of the molecule is C[NH+]1CCN(C(=O)NC2(C(F)(F)F)Oc3ccccc3O2)CC1. The fourth-order valence-electron chi connectivity index (χ4n) is 2.50. The van der Waals surface area contributed by atoms with Gasteiger partial charge in [0.2, 0.25) is 0 Å². The summed E-state index contributed by atoms with van der Waals surface area (Å²) in [6, 6.07) is 4.91. The molecule has 0 spiro atoms. The predicted molar refractivity (Wildman–Crippen MR) is 73.2 cm³/mol. The normalized spacial score (nSPS) is 20.4. The average Bonchev–Trinajstić information content (AvgIpc) is 2.86. The van der Waals surface area contributed by atoms with Crippen LogP contribution in [0.25, 0.3) is 0 Å². The molecule has 2 heterocycles. The third-order valence-corrected chi connectivity index (χ3v) is 3.91. The molecule has 1 aromatic carbocycles. The van der Waals surface area contributed by atoms with Crippen LogP contribution in [0.1, 0.15) is 0 Å². The minimum Gasteiger partial charge on any atom is -0.424 e. The van der Waals surface area contributed by atoms with Gasteiger partial charge >= 0.3 is 18.1 Å². The molecule has 3 rings (SSSR count). The largest absolute Gasteiger partial charge is 0.492 e. The number of ether oxygens (including phenoxy) is 2. The minimum absolute atomic E-state index is 0.0621. The van der Waals surface area contributed by atoms with E-state index in [9.17, 15) is 18.0 Å². The molecule has 0 bridgehead atoms. The van der Waals surface area contributed by atoms with Crippen molar-refractivity contribution in [2.45, 2.75) is 12.1 Å². The van der Waals surface area contributed by atoms with E-state index in [0.29, 0.717) is 26.2 Å². The molecule has 0 aliphatic carbocycles. The first-order chi connectivity index (χ1) is 10.8. The second-order valence-electron chi connectivity index (χ2n) is 5.64. The Balaban J connectivity index is 1.78. The summed E-state index contributed by atoms with van der Waals surface area (Å²) in [5, 5.41) is 1.87. The van der Waals surface area contributed by atoms with Gasteiger partial charge in [0.05, 0.1) is 33.2 Å². The second kappa shape index (κ2) is 5.48. The number of alkyl halides is 3. The monoisotopic (exact) mass is 332 g/mol. The van der Waals surface area contributed by atoms with Crippen molar-refractivity contribution in [3.63, 3.8) is 0 Å². The summed E-state index contributed by atoms with van der Waals surface area (Å²) in [6.45, 7) is 2.10. The second-order valence-corrected chi connectivity index (χ2v) is 5.64. The molecule has 6 nitrogen and oxygen atoms in total. The fourth-order valence-corrected chi connectivity index (χ4v) is 2.50. The molecule has 1 fully saturated rings. The number of para-hydroxylation sites is 2. The van der Waals surface area contributed by atoms with E-state index in [0.717, 1.165) is 0 Å². The Hall–Kier alpha value is -2.16. The average molecular weight is 332 g/mol. The van der Waals surface area contributed by atoms with Gasteiger partial charge in [-0.3, -0.25) is 5.32 Å². The highest BCUT2D eigenvalue weighted by Gasteiger charge is 2.66. The molecule has 0 aromatic heterocycles. The highest BCUT2D eigenvalue weighted by atomic mass is 19.4. The molecule has 2 N–H and O–H groups in total. The number of hydrogen-bond acceptors (Lipinski definition) is 3. The van der Waals surface area contributed by atoms with E-state index in [1.54, 1.807) is 0 Å². The van der Waals surface area contributed by atoms with Crippen molar-refractivity contribution in [1.29, 1.82) is 0 Å². The van der Waals surface area contributed by atoms with Crippen LogP contribution in [0.15, 0.2) is 24.3 Å². The molecular formula is C14H17F3N3O3+. The van der Waals surface area contributed by atoms with Gasteiger partial charge in [0.25, 0.3) is 0 Å². The zero-order valence-corrected chi connectivity index (χ0v) is 12.4. The van der Waals surface area contributed by atoms with Crippen molar-refractivity contribution in [3.8, 4) is 11.5 Å². The number of carbonyl (C=O) groups excluding carboxylic acids is 1. The first-order valence-electron chi connectivity index (χ1n) is 7.23. The first-order valence-corrected chi connectivity index (χ1v) is 7.23. The molecule has 9 heteroatoms. The number of rotatable bonds is 1. The molecular weight excluding hydrogens is 315 g/mol. The van der Waals surface area contributed by atoms with Crippen LogP contribution in [-0.4, -0.2) is 56.2 Å². The minimum atomic E-state index is -4.93. The van der Waals surface area contributed by atoms with Gasteiger partial charge < -0.3 is 19.3 Å². The maximum Gasteiger partial charge on any atom is 0.492 e. The molecule has 2 aliphatic rings. The number of urea groups is 1. The summed E-state index contributed by atoms with van der Waals surface area (Å²) in [5.41, 5.74) is 0. The number of piperazine rings is 1. The van der Waals surface area contributed by atoms with Crippen LogP contribution in [-0.2, 0) is 0 Å². The Labute approximate surface area is 130 Å². The first kappa shape index (κ1) is 15.7.